The third-order valence-corrected chi connectivity index (χ3v) is 7.18. The van der Waals surface area contributed by atoms with Gasteiger partial charge in [-0.15, -0.1) is 0 Å². The summed E-state index contributed by atoms with van der Waals surface area (Å²) in [6.45, 7) is 1.97. The van der Waals surface area contributed by atoms with E-state index in [1.54, 1.807) is 48.5 Å². The molecule has 1 fully saturated rings. The molecule has 0 spiro atoms. The number of ether oxygens (including phenoxy) is 1. The van der Waals surface area contributed by atoms with Crippen molar-refractivity contribution >= 4 is 33.6 Å². The second-order valence-electron chi connectivity index (χ2n) is 6.90. The van der Waals surface area contributed by atoms with Crippen LogP contribution in [0.1, 0.15) is 24.0 Å². The molecular formula is C20H19ClCsNO6S. The van der Waals surface area contributed by atoms with Crippen molar-refractivity contribution in [2.45, 2.75) is 30.3 Å². The van der Waals surface area contributed by atoms with E-state index >= 15 is 0 Å². The first kappa shape index (κ1) is 25.9. The van der Waals surface area contributed by atoms with Gasteiger partial charge in [-0.05, 0) is 36.8 Å². The predicted molar refractivity (Wildman–Crippen MR) is 103 cm³/mol. The van der Waals surface area contributed by atoms with Gasteiger partial charge >= 0.3 is 74.9 Å². The van der Waals surface area contributed by atoms with Gasteiger partial charge in [-0.2, -0.15) is 4.31 Å². The Bertz CT molecular complexity index is 1020. The van der Waals surface area contributed by atoms with Crippen molar-refractivity contribution < 1.29 is 96.7 Å². The Morgan fingerprint density at radius 1 is 1.03 bits per heavy atom. The van der Waals surface area contributed by atoms with Crippen molar-refractivity contribution in [3.05, 3.63) is 64.7 Å². The van der Waals surface area contributed by atoms with Crippen molar-refractivity contribution in [2.24, 2.45) is 0 Å². The molecule has 0 amide bonds. The van der Waals surface area contributed by atoms with Crippen LogP contribution in [-0.2, 0) is 30.0 Å². The molecule has 2 aromatic carbocycles. The summed E-state index contributed by atoms with van der Waals surface area (Å²) in [4.78, 5) is 22.8. The average Bonchev–Trinajstić information content (AvgIpc) is 2.69. The molecule has 30 heavy (non-hydrogen) atoms. The van der Waals surface area contributed by atoms with E-state index in [9.17, 15) is 23.1 Å². The number of carbonyl (C=O) groups is 2. The zero-order chi connectivity index (χ0) is 21.2. The third kappa shape index (κ3) is 5.70. The number of aryl methyl sites for hydroxylation is 1. The van der Waals surface area contributed by atoms with Crippen LogP contribution in [0, 0.1) is 6.92 Å². The summed E-state index contributed by atoms with van der Waals surface area (Å²) in [5.74, 6) is -3.44. The molecule has 0 aliphatic carbocycles. The van der Waals surface area contributed by atoms with Gasteiger partial charge in [0.15, 0.2) is 5.97 Å². The van der Waals surface area contributed by atoms with Gasteiger partial charge in [-0.25, -0.2) is 13.2 Å². The second-order valence-corrected chi connectivity index (χ2v) is 9.27. The number of nitrogens with zero attached hydrogens (tertiary/aromatic N) is 1. The van der Waals surface area contributed by atoms with E-state index in [0.717, 1.165) is 5.56 Å². The fraction of sp³-hybridized carbons (Fsp3) is 0.300. The van der Waals surface area contributed by atoms with Crippen molar-refractivity contribution in [3.8, 4) is 0 Å². The standard InChI is InChI=1S/C20H20ClNO6S.Cs/c1-14-2-8-17(9-3-14)29(26,27)22-12-10-20(11-13-22,28-19(25)18(23)24)15-4-6-16(21)7-5-15;/h2-9H,10-13H2,1H3,(H,23,24);/q;+1/p-1. The summed E-state index contributed by atoms with van der Waals surface area (Å²) in [5, 5.41) is 11.4. The van der Waals surface area contributed by atoms with Crippen LogP contribution in [0.15, 0.2) is 53.4 Å². The van der Waals surface area contributed by atoms with Crippen LogP contribution in [0.3, 0.4) is 0 Å². The van der Waals surface area contributed by atoms with E-state index in [2.05, 4.69) is 0 Å². The molecule has 0 unspecified atom stereocenters. The second kappa shape index (κ2) is 10.5. The molecule has 7 nitrogen and oxygen atoms in total. The Morgan fingerprint density at radius 2 is 1.57 bits per heavy atom. The molecule has 1 heterocycles. The number of benzene rings is 2. The number of hydrogen-bond acceptors (Lipinski definition) is 6. The third-order valence-electron chi connectivity index (χ3n) is 5.01. The summed E-state index contributed by atoms with van der Waals surface area (Å²) in [7, 11) is -3.72. The van der Waals surface area contributed by atoms with Crippen LogP contribution < -0.4 is 74.0 Å². The normalized spacial score (nSPS) is 16.3. The Balaban J connectivity index is 0.00000320. The maximum atomic E-state index is 12.9. The topological polar surface area (TPSA) is 104 Å². The maximum absolute atomic E-state index is 12.9. The van der Waals surface area contributed by atoms with Crippen LogP contribution in [0.4, 0.5) is 0 Å². The number of carboxylic acid groups (broad SMARTS) is 1. The number of aliphatic carboxylic acids is 1. The molecule has 10 heteroatoms. The van der Waals surface area contributed by atoms with Crippen molar-refractivity contribution in [3.63, 3.8) is 0 Å². The molecule has 154 valence electrons. The van der Waals surface area contributed by atoms with Crippen LogP contribution in [-0.4, -0.2) is 37.8 Å². The molecule has 0 aromatic heterocycles. The Hall–Kier alpha value is -0.368. The van der Waals surface area contributed by atoms with Gasteiger partial charge in [-0.1, -0.05) is 41.4 Å². The zero-order valence-electron chi connectivity index (χ0n) is 16.6. The molecular weight excluding hydrogens is 551 g/mol. The molecule has 0 radical (unpaired) electrons. The number of esters is 1. The first-order valence-electron chi connectivity index (χ1n) is 8.91. The molecule has 0 saturated carbocycles. The first-order valence-corrected chi connectivity index (χ1v) is 10.7. The number of sulfonamides is 1. The van der Waals surface area contributed by atoms with Crippen LogP contribution >= 0.6 is 11.6 Å². The van der Waals surface area contributed by atoms with Crippen molar-refractivity contribution in [1.29, 1.82) is 0 Å². The minimum atomic E-state index is -3.72. The van der Waals surface area contributed by atoms with Crippen molar-refractivity contribution in [2.75, 3.05) is 13.1 Å². The number of rotatable bonds is 4. The minimum Gasteiger partial charge on any atom is -0.539 e. The van der Waals surface area contributed by atoms with Crippen molar-refractivity contribution in [1.82, 2.24) is 4.31 Å². The number of carboxylic acids is 1. The van der Waals surface area contributed by atoms with Gasteiger partial charge in [0.1, 0.15) is 5.60 Å². The van der Waals surface area contributed by atoms with Gasteiger partial charge in [0.05, 0.1) is 4.90 Å². The van der Waals surface area contributed by atoms with Crippen LogP contribution in [0.2, 0.25) is 5.02 Å². The molecule has 1 saturated heterocycles. The minimum absolute atomic E-state index is 0. The van der Waals surface area contributed by atoms with E-state index in [0.29, 0.717) is 10.6 Å². The van der Waals surface area contributed by atoms with Crippen LogP contribution in [0.25, 0.3) is 0 Å². The number of carbonyl (C=O) groups excluding carboxylic acids is 2. The fourth-order valence-corrected chi connectivity index (χ4v) is 4.94. The van der Waals surface area contributed by atoms with Gasteiger partial charge in [0, 0.05) is 31.0 Å². The number of hydrogen-bond donors (Lipinski definition) is 0. The summed E-state index contributed by atoms with van der Waals surface area (Å²) in [5.41, 5.74) is 0.212. The number of halogens is 1. The molecule has 1 aliphatic rings. The molecule has 1 aliphatic heterocycles. The Kier molecular flexibility index (Phi) is 9.06. The zero-order valence-corrected chi connectivity index (χ0v) is 24.5. The molecule has 0 bridgehead atoms. The largest absolute Gasteiger partial charge is 1.00 e. The fourth-order valence-electron chi connectivity index (χ4n) is 3.37. The number of piperidine rings is 1. The Morgan fingerprint density at radius 3 is 2.07 bits per heavy atom. The predicted octanol–water partition coefficient (Wildman–Crippen LogP) is -1.37. The first-order chi connectivity index (χ1) is 13.6. The van der Waals surface area contributed by atoms with E-state index in [1.165, 1.54) is 4.31 Å². The van der Waals surface area contributed by atoms with Gasteiger partial charge in [0.25, 0.3) is 0 Å². The van der Waals surface area contributed by atoms with Gasteiger partial charge in [0.2, 0.25) is 10.0 Å². The monoisotopic (exact) mass is 569 g/mol. The summed E-state index contributed by atoms with van der Waals surface area (Å²) >= 11 is 5.91. The average molecular weight is 570 g/mol. The molecule has 0 N–H and O–H groups in total. The van der Waals surface area contributed by atoms with E-state index in [1.807, 2.05) is 6.92 Å². The SMILES string of the molecule is Cc1ccc(S(=O)(=O)N2CCC(OC(=O)C(=O)[O-])(c3ccc(Cl)cc3)CC2)cc1.[Cs+]. The van der Waals surface area contributed by atoms with E-state index in [-0.39, 0.29) is 99.7 Å². The Labute approximate surface area is 239 Å². The molecule has 2 aromatic rings. The van der Waals surface area contributed by atoms with Gasteiger partial charge in [-0.3, -0.25) is 0 Å². The molecule has 3 rings (SSSR count). The summed E-state index contributed by atoms with van der Waals surface area (Å²) in [6.07, 6.45) is 0.192. The van der Waals surface area contributed by atoms with E-state index in [4.69, 9.17) is 16.3 Å². The maximum Gasteiger partial charge on any atom is 1.00 e. The van der Waals surface area contributed by atoms with Gasteiger partial charge < -0.3 is 14.6 Å². The molecule has 0 atom stereocenters. The summed E-state index contributed by atoms with van der Waals surface area (Å²) < 4.78 is 32.4. The summed E-state index contributed by atoms with van der Waals surface area (Å²) in [6, 6.07) is 13.0. The quantitative estimate of drug-likeness (QED) is 0.332. The smallest absolute Gasteiger partial charge is 0.539 e. The van der Waals surface area contributed by atoms with Crippen LogP contribution in [0.5, 0.6) is 0 Å². The van der Waals surface area contributed by atoms with E-state index < -0.39 is 27.6 Å².